The number of H-pyrrole nitrogens is 1. The average molecular weight is 372 g/mol. The van der Waals surface area contributed by atoms with Gasteiger partial charge in [-0.25, -0.2) is 14.3 Å². The van der Waals surface area contributed by atoms with E-state index in [0.717, 1.165) is 23.0 Å². The summed E-state index contributed by atoms with van der Waals surface area (Å²) in [6.07, 6.45) is 6.64. The molecule has 2 heterocycles. The number of hydrogen-bond donors (Lipinski definition) is 2. The minimum absolute atomic E-state index is 0.205. The summed E-state index contributed by atoms with van der Waals surface area (Å²) in [6, 6.07) is 19.4. The Bertz CT molecular complexity index is 1180. The third-order valence-electron chi connectivity index (χ3n) is 5.86. The fourth-order valence-electron chi connectivity index (χ4n) is 4.40. The third kappa shape index (κ3) is 3.12. The van der Waals surface area contributed by atoms with Crippen LogP contribution in [0.25, 0.3) is 27.7 Å². The Kier molecular flexibility index (Phi) is 4.45. The Balaban J connectivity index is 1.50. The first-order valence-electron chi connectivity index (χ1n) is 10.1. The van der Waals surface area contributed by atoms with Gasteiger partial charge in [-0.15, -0.1) is 0 Å². The van der Waals surface area contributed by atoms with E-state index in [9.17, 15) is 4.79 Å². The van der Waals surface area contributed by atoms with Crippen molar-refractivity contribution in [2.75, 3.05) is 0 Å². The Morgan fingerprint density at radius 2 is 1.89 bits per heavy atom. The predicted molar refractivity (Wildman–Crippen MR) is 112 cm³/mol. The lowest BCUT2D eigenvalue weighted by molar-refractivity contribution is 0.372. The highest BCUT2D eigenvalue weighted by molar-refractivity contribution is 5.96. The van der Waals surface area contributed by atoms with Gasteiger partial charge in [0, 0.05) is 18.0 Å². The Labute approximate surface area is 163 Å². The van der Waals surface area contributed by atoms with Crippen molar-refractivity contribution in [1.82, 2.24) is 19.9 Å². The molecule has 4 aromatic rings. The van der Waals surface area contributed by atoms with Crippen LogP contribution < -0.4 is 11.0 Å². The minimum atomic E-state index is -0.205. The number of fused-ring (bicyclic) bond motifs is 3. The highest BCUT2D eigenvalue weighted by atomic mass is 16.1. The van der Waals surface area contributed by atoms with Gasteiger partial charge in [-0.05, 0) is 53.8 Å². The summed E-state index contributed by atoms with van der Waals surface area (Å²) >= 11 is 0. The van der Waals surface area contributed by atoms with Crippen molar-refractivity contribution in [3.8, 4) is 11.1 Å². The molecule has 1 aliphatic carbocycles. The van der Waals surface area contributed by atoms with Crippen molar-refractivity contribution < 1.29 is 0 Å². The van der Waals surface area contributed by atoms with Crippen molar-refractivity contribution in [2.24, 2.45) is 0 Å². The van der Waals surface area contributed by atoms with Crippen LogP contribution in [0.15, 0.2) is 59.4 Å². The second-order valence-corrected chi connectivity index (χ2v) is 7.71. The smallest absolute Gasteiger partial charge is 0.310 e. The van der Waals surface area contributed by atoms with Crippen molar-refractivity contribution in [3.63, 3.8) is 0 Å². The summed E-state index contributed by atoms with van der Waals surface area (Å²) in [6.45, 7) is 0.898. The zero-order chi connectivity index (χ0) is 18.9. The maximum absolute atomic E-state index is 12.2. The maximum atomic E-state index is 12.2. The van der Waals surface area contributed by atoms with Crippen LogP contribution in [0, 0.1) is 0 Å². The number of hydrogen-bond acceptors (Lipinski definition) is 3. The topological polar surface area (TPSA) is 62.2 Å². The van der Waals surface area contributed by atoms with E-state index in [4.69, 9.17) is 0 Å². The second kappa shape index (κ2) is 7.24. The van der Waals surface area contributed by atoms with Crippen LogP contribution in [0.5, 0.6) is 0 Å². The van der Waals surface area contributed by atoms with Gasteiger partial charge in [-0.1, -0.05) is 49.6 Å². The molecule has 1 fully saturated rings. The van der Waals surface area contributed by atoms with Crippen LogP contribution in [0.1, 0.15) is 37.7 Å². The standard InChI is InChI=1S/C23H24N4O/c28-23-26-25-22-13-12-20-19(10-5-11-21(20)27(22)23)17-7-4-6-16(14-17)15-24-18-8-2-1-3-9-18/h4-7,10-14,18,24H,1-3,8-9,15H2,(H,26,28). The molecule has 1 saturated carbocycles. The molecule has 1 aliphatic rings. The van der Waals surface area contributed by atoms with Gasteiger partial charge in [-0.2, -0.15) is 5.10 Å². The molecule has 5 nitrogen and oxygen atoms in total. The largest absolute Gasteiger partial charge is 0.348 e. The average Bonchev–Trinajstić information content (AvgIpc) is 3.14. The van der Waals surface area contributed by atoms with Crippen LogP contribution in [-0.2, 0) is 6.54 Å². The molecule has 2 aromatic heterocycles. The molecule has 0 bridgehead atoms. The summed E-state index contributed by atoms with van der Waals surface area (Å²) in [5.41, 5.74) is 4.90. The molecule has 0 amide bonds. The monoisotopic (exact) mass is 372 g/mol. The van der Waals surface area contributed by atoms with E-state index in [1.165, 1.54) is 43.2 Å². The quantitative estimate of drug-likeness (QED) is 0.562. The SMILES string of the molecule is O=c1[nH]nc2ccc3c(-c4cccc(CNC5CCCCC5)c4)cccc3n12. The van der Waals surface area contributed by atoms with Gasteiger partial charge in [0.1, 0.15) is 0 Å². The van der Waals surface area contributed by atoms with Crippen LogP contribution >= 0.6 is 0 Å². The van der Waals surface area contributed by atoms with E-state index in [1.807, 2.05) is 24.3 Å². The van der Waals surface area contributed by atoms with Crippen molar-refractivity contribution in [1.29, 1.82) is 0 Å². The summed E-state index contributed by atoms with van der Waals surface area (Å²) in [5, 5.41) is 11.4. The fraction of sp³-hybridized carbons (Fsp3) is 0.304. The number of nitrogens with zero attached hydrogens (tertiary/aromatic N) is 2. The Hall–Kier alpha value is -2.92. The number of pyridine rings is 1. The third-order valence-corrected chi connectivity index (χ3v) is 5.86. The van der Waals surface area contributed by atoms with Crippen LogP contribution in [0.3, 0.4) is 0 Å². The molecule has 0 aliphatic heterocycles. The van der Waals surface area contributed by atoms with Gasteiger partial charge >= 0.3 is 5.69 Å². The Morgan fingerprint density at radius 3 is 2.79 bits per heavy atom. The molecular weight excluding hydrogens is 348 g/mol. The molecule has 0 radical (unpaired) electrons. The van der Waals surface area contributed by atoms with Gasteiger partial charge in [0.05, 0.1) is 5.52 Å². The van der Waals surface area contributed by atoms with E-state index in [0.29, 0.717) is 11.7 Å². The number of aromatic amines is 1. The molecule has 2 aromatic carbocycles. The van der Waals surface area contributed by atoms with E-state index in [-0.39, 0.29) is 5.69 Å². The summed E-state index contributed by atoms with van der Waals surface area (Å²) in [5.74, 6) is 0. The molecular formula is C23H24N4O. The normalized spacial score (nSPS) is 15.4. The van der Waals surface area contributed by atoms with Gasteiger partial charge < -0.3 is 5.32 Å². The maximum Gasteiger partial charge on any atom is 0.348 e. The van der Waals surface area contributed by atoms with Gasteiger partial charge in [0.15, 0.2) is 5.65 Å². The highest BCUT2D eigenvalue weighted by Gasteiger charge is 2.13. The highest BCUT2D eigenvalue weighted by Crippen LogP contribution is 2.29. The summed E-state index contributed by atoms with van der Waals surface area (Å²) < 4.78 is 1.63. The van der Waals surface area contributed by atoms with Gasteiger partial charge in [0.25, 0.3) is 0 Å². The van der Waals surface area contributed by atoms with Crippen molar-refractivity contribution in [3.05, 3.63) is 70.6 Å². The molecule has 2 N–H and O–H groups in total. The predicted octanol–water partition coefficient (Wildman–Crippen LogP) is 4.27. The van der Waals surface area contributed by atoms with Crippen molar-refractivity contribution in [2.45, 2.75) is 44.7 Å². The minimum Gasteiger partial charge on any atom is -0.310 e. The fourth-order valence-corrected chi connectivity index (χ4v) is 4.40. The molecule has 0 saturated heterocycles. The van der Waals surface area contributed by atoms with E-state index >= 15 is 0 Å². The Morgan fingerprint density at radius 1 is 1.04 bits per heavy atom. The first kappa shape index (κ1) is 17.2. The van der Waals surface area contributed by atoms with E-state index < -0.39 is 0 Å². The molecule has 5 heteroatoms. The van der Waals surface area contributed by atoms with Gasteiger partial charge in [-0.3, -0.25) is 0 Å². The zero-order valence-electron chi connectivity index (χ0n) is 15.8. The molecule has 28 heavy (non-hydrogen) atoms. The second-order valence-electron chi connectivity index (χ2n) is 7.71. The lowest BCUT2D eigenvalue weighted by atomic mass is 9.95. The summed E-state index contributed by atoms with van der Waals surface area (Å²) in [7, 11) is 0. The molecule has 0 atom stereocenters. The van der Waals surface area contributed by atoms with Gasteiger partial charge in [0.2, 0.25) is 0 Å². The summed E-state index contributed by atoms with van der Waals surface area (Å²) in [4.78, 5) is 12.2. The number of aromatic nitrogens is 3. The lowest BCUT2D eigenvalue weighted by Crippen LogP contribution is -2.30. The molecule has 0 unspecified atom stereocenters. The van der Waals surface area contributed by atoms with Crippen molar-refractivity contribution >= 4 is 16.6 Å². The van der Waals surface area contributed by atoms with E-state index in [2.05, 4.69) is 45.8 Å². The van der Waals surface area contributed by atoms with E-state index in [1.54, 1.807) is 4.40 Å². The first-order chi connectivity index (χ1) is 13.8. The molecule has 142 valence electrons. The van der Waals surface area contributed by atoms with Crippen LogP contribution in [0.2, 0.25) is 0 Å². The van der Waals surface area contributed by atoms with Crippen LogP contribution in [-0.4, -0.2) is 20.6 Å². The molecule has 0 spiro atoms. The molecule has 5 rings (SSSR count). The number of rotatable bonds is 4. The first-order valence-corrected chi connectivity index (χ1v) is 10.1. The number of nitrogens with one attached hydrogen (secondary N) is 2. The van der Waals surface area contributed by atoms with Crippen LogP contribution in [0.4, 0.5) is 0 Å². The lowest BCUT2D eigenvalue weighted by Gasteiger charge is -2.23. The number of benzene rings is 2. The zero-order valence-corrected chi connectivity index (χ0v) is 15.8.